The first-order chi connectivity index (χ1) is 15.2. The molecule has 1 aromatic heterocycles. The van der Waals surface area contributed by atoms with Crippen molar-refractivity contribution in [3.63, 3.8) is 0 Å². The van der Waals surface area contributed by atoms with Gasteiger partial charge in [-0.25, -0.2) is 0 Å². The van der Waals surface area contributed by atoms with Crippen LogP contribution in [0.5, 0.6) is 0 Å². The minimum absolute atomic E-state index is 0. The zero-order valence-electron chi connectivity index (χ0n) is 17.5. The molecule has 1 aliphatic heterocycles. The summed E-state index contributed by atoms with van der Waals surface area (Å²) >= 11 is 12.3. The van der Waals surface area contributed by atoms with Crippen LogP contribution in [-0.4, -0.2) is 23.0 Å². The molecule has 0 saturated carbocycles. The van der Waals surface area contributed by atoms with Gasteiger partial charge < -0.3 is 5.32 Å². The minimum atomic E-state index is 0. The van der Waals surface area contributed by atoms with Crippen LogP contribution in [0.25, 0.3) is 22.0 Å². The Labute approximate surface area is 204 Å². The molecule has 1 N–H and O–H groups in total. The molecule has 6 heteroatoms. The van der Waals surface area contributed by atoms with Crippen LogP contribution in [0.15, 0.2) is 72.9 Å². The summed E-state index contributed by atoms with van der Waals surface area (Å²) in [6.07, 6.45) is 4.38. The van der Waals surface area contributed by atoms with Crippen LogP contribution >= 0.6 is 35.6 Å². The Hall–Kier alpha value is -2.30. The van der Waals surface area contributed by atoms with Crippen molar-refractivity contribution in [3.8, 4) is 11.1 Å². The lowest BCUT2D eigenvalue weighted by atomic mass is 9.98. The molecular weight excluding hydrogens is 461 g/mol. The Morgan fingerprint density at radius 1 is 0.844 bits per heavy atom. The fraction of sp³-hybridized carbons (Fsp3) is 0.192. The molecule has 3 nitrogen and oxygen atoms in total. The first kappa shape index (κ1) is 22.9. The van der Waals surface area contributed by atoms with Crippen molar-refractivity contribution < 1.29 is 0 Å². The van der Waals surface area contributed by atoms with Crippen molar-refractivity contribution in [1.82, 2.24) is 9.88 Å². The molecule has 1 aliphatic rings. The van der Waals surface area contributed by atoms with Crippen molar-refractivity contribution in [2.75, 3.05) is 18.4 Å². The Balaban J connectivity index is 0.00000245. The predicted molar refractivity (Wildman–Crippen MR) is 139 cm³/mol. The first-order valence-corrected chi connectivity index (χ1v) is 11.3. The molecule has 0 spiro atoms. The highest BCUT2D eigenvalue weighted by Crippen LogP contribution is 2.33. The highest BCUT2D eigenvalue weighted by atomic mass is 35.5. The van der Waals surface area contributed by atoms with Gasteiger partial charge >= 0.3 is 0 Å². The first-order valence-electron chi connectivity index (χ1n) is 10.6. The molecule has 0 amide bonds. The van der Waals surface area contributed by atoms with E-state index in [0.717, 1.165) is 33.8 Å². The number of nitrogens with one attached hydrogen (secondary N) is 1. The molecule has 0 bridgehead atoms. The molecule has 2 heterocycles. The van der Waals surface area contributed by atoms with Gasteiger partial charge in [0.25, 0.3) is 0 Å². The number of anilines is 2. The van der Waals surface area contributed by atoms with E-state index in [0.29, 0.717) is 5.02 Å². The van der Waals surface area contributed by atoms with Crippen LogP contribution in [0.3, 0.4) is 0 Å². The van der Waals surface area contributed by atoms with E-state index in [1.165, 1.54) is 42.6 Å². The van der Waals surface area contributed by atoms with E-state index in [1.807, 2.05) is 42.6 Å². The third-order valence-electron chi connectivity index (χ3n) is 5.84. The van der Waals surface area contributed by atoms with Gasteiger partial charge in [0, 0.05) is 39.5 Å². The van der Waals surface area contributed by atoms with Crippen LogP contribution < -0.4 is 5.32 Å². The van der Waals surface area contributed by atoms with Gasteiger partial charge in [0.15, 0.2) is 0 Å². The number of hydrogen-bond donors (Lipinski definition) is 1. The van der Waals surface area contributed by atoms with Gasteiger partial charge in [0.05, 0.1) is 5.52 Å². The van der Waals surface area contributed by atoms with Gasteiger partial charge in [-0.2, -0.15) is 0 Å². The molecule has 164 valence electrons. The molecule has 5 rings (SSSR count). The summed E-state index contributed by atoms with van der Waals surface area (Å²) in [6.45, 7) is 3.31. The number of fused-ring (bicyclic) bond motifs is 1. The molecule has 32 heavy (non-hydrogen) atoms. The van der Waals surface area contributed by atoms with Crippen molar-refractivity contribution in [3.05, 3.63) is 88.5 Å². The molecule has 0 atom stereocenters. The smallest absolute Gasteiger partial charge is 0.0737 e. The molecule has 1 fully saturated rings. The van der Waals surface area contributed by atoms with Crippen LogP contribution in [0, 0.1) is 0 Å². The van der Waals surface area contributed by atoms with Crippen molar-refractivity contribution >= 4 is 57.9 Å². The van der Waals surface area contributed by atoms with Crippen LogP contribution in [0.1, 0.15) is 18.4 Å². The number of likely N-dealkylation sites (tertiary alicyclic amines) is 1. The zero-order valence-corrected chi connectivity index (χ0v) is 19.9. The maximum Gasteiger partial charge on any atom is 0.0737 e. The normalized spacial score (nSPS) is 13.8. The fourth-order valence-corrected chi connectivity index (χ4v) is 4.55. The van der Waals surface area contributed by atoms with Crippen molar-refractivity contribution in [1.29, 1.82) is 0 Å². The Kier molecular flexibility index (Phi) is 7.22. The highest BCUT2D eigenvalue weighted by Gasteiger charge is 2.15. The largest absolute Gasteiger partial charge is 0.355 e. The fourth-order valence-electron chi connectivity index (χ4n) is 4.26. The van der Waals surface area contributed by atoms with E-state index in [-0.39, 0.29) is 12.4 Å². The van der Waals surface area contributed by atoms with Gasteiger partial charge in [0.2, 0.25) is 0 Å². The van der Waals surface area contributed by atoms with Crippen molar-refractivity contribution in [2.45, 2.75) is 19.4 Å². The van der Waals surface area contributed by atoms with Gasteiger partial charge in [-0.15, -0.1) is 12.4 Å². The van der Waals surface area contributed by atoms with Gasteiger partial charge in [-0.1, -0.05) is 41.4 Å². The lowest BCUT2D eigenvalue weighted by Gasteiger charge is -2.19. The second-order valence-electron chi connectivity index (χ2n) is 8.01. The van der Waals surface area contributed by atoms with Gasteiger partial charge in [-0.3, -0.25) is 9.88 Å². The lowest BCUT2D eigenvalue weighted by molar-refractivity contribution is 0.332. The van der Waals surface area contributed by atoms with Crippen molar-refractivity contribution in [2.24, 2.45) is 0 Å². The van der Waals surface area contributed by atoms with E-state index in [9.17, 15) is 0 Å². The van der Waals surface area contributed by atoms with Gasteiger partial charge in [0.1, 0.15) is 0 Å². The van der Waals surface area contributed by atoms with E-state index in [4.69, 9.17) is 23.2 Å². The SMILES string of the molecule is Cl.Clc1ccc(-c2cc(Nc3ccnc4cc(Cl)ccc34)ccc2CN2CCCC2)cc1. The second-order valence-corrected chi connectivity index (χ2v) is 8.88. The van der Waals surface area contributed by atoms with Crippen LogP contribution in [0.4, 0.5) is 11.4 Å². The summed E-state index contributed by atoms with van der Waals surface area (Å²) < 4.78 is 0. The summed E-state index contributed by atoms with van der Waals surface area (Å²) in [7, 11) is 0. The quantitative estimate of drug-likeness (QED) is 0.311. The summed E-state index contributed by atoms with van der Waals surface area (Å²) in [5.74, 6) is 0. The predicted octanol–water partition coefficient (Wildman–Crippen LogP) is 7.97. The van der Waals surface area contributed by atoms with E-state index in [2.05, 4.69) is 45.5 Å². The molecule has 0 unspecified atom stereocenters. The standard InChI is InChI=1S/C26H23Cl2N3.ClH/c27-20-6-3-18(4-7-20)24-16-22(9-5-19(24)17-31-13-1-2-14-31)30-25-11-12-29-26-15-21(28)8-10-23(25)26;/h3-12,15-16H,1-2,13-14,17H2,(H,29,30);1H. The summed E-state index contributed by atoms with van der Waals surface area (Å²) in [4.78, 5) is 6.98. The Morgan fingerprint density at radius 3 is 2.38 bits per heavy atom. The number of benzene rings is 3. The zero-order chi connectivity index (χ0) is 21.2. The van der Waals surface area contributed by atoms with Crippen LogP contribution in [-0.2, 0) is 6.54 Å². The molecule has 4 aromatic rings. The van der Waals surface area contributed by atoms with E-state index >= 15 is 0 Å². The third kappa shape index (κ3) is 5.02. The number of nitrogens with zero attached hydrogens (tertiary/aromatic N) is 2. The van der Waals surface area contributed by atoms with E-state index in [1.54, 1.807) is 0 Å². The molecule has 1 saturated heterocycles. The Bertz CT molecular complexity index is 1220. The highest BCUT2D eigenvalue weighted by molar-refractivity contribution is 6.31. The van der Waals surface area contributed by atoms with Crippen LogP contribution in [0.2, 0.25) is 10.0 Å². The molecule has 0 radical (unpaired) electrons. The molecular formula is C26H24Cl3N3. The summed E-state index contributed by atoms with van der Waals surface area (Å²) in [5, 5.41) is 6.07. The topological polar surface area (TPSA) is 28.2 Å². The summed E-state index contributed by atoms with van der Waals surface area (Å²) in [5.41, 5.74) is 6.67. The third-order valence-corrected chi connectivity index (χ3v) is 6.33. The lowest BCUT2D eigenvalue weighted by Crippen LogP contribution is -2.18. The monoisotopic (exact) mass is 483 g/mol. The average molecular weight is 485 g/mol. The maximum absolute atomic E-state index is 6.15. The van der Waals surface area contributed by atoms with Gasteiger partial charge in [-0.05, 0) is 91.2 Å². The Morgan fingerprint density at radius 2 is 1.59 bits per heavy atom. The number of rotatable bonds is 5. The number of hydrogen-bond acceptors (Lipinski definition) is 3. The molecule has 0 aliphatic carbocycles. The van der Waals surface area contributed by atoms with E-state index < -0.39 is 0 Å². The average Bonchev–Trinajstić information content (AvgIpc) is 3.28. The number of aromatic nitrogens is 1. The maximum atomic E-state index is 6.15. The number of halogens is 3. The minimum Gasteiger partial charge on any atom is -0.355 e. The number of pyridine rings is 1. The summed E-state index contributed by atoms with van der Waals surface area (Å²) in [6, 6.07) is 22.5. The molecule has 3 aromatic carbocycles. The second kappa shape index (κ2) is 10.1.